The number of halogens is 1. The molecule has 1 heterocycles. The highest BCUT2D eigenvalue weighted by Crippen LogP contribution is 2.39. The van der Waals surface area contributed by atoms with Gasteiger partial charge in [0.1, 0.15) is 6.04 Å². The molecule has 0 radical (unpaired) electrons. The van der Waals surface area contributed by atoms with Crippen LogP contribution in [0.5, 0.6) is 0 Å². The number of rotatable bonds is 3. The maximum atomic E-state index is 11.8. The summed E-state index contributed by atoms with van der Waals surface area (Å²) in [6, 6.07) is 4.18. The number of nitrogens with zero attached hydrogens (tertiary/aromatic N) is 1. The van der Waals surface area contributed by atoms with E-state index in [1.165, 1.54) is 0 Å². The highest BCUT2D eigenvalue weighted by atomic mass is 79.9. The Hall–Kier alpha value is -1.07. The van der Waals surface area contributed by atoms with Gasteiger partial charge in [0.05, 0.1) is 5.69 Å². The number of hydrogen-bond donors (Lipinski definition) is 2. The van der Waals surface area contributed by atoms with Crippen LogP contribution in [0.4, 0.5) is 11.4 Å². The first kappa shape index (κ1) is 13.4. The fourth-order valence-electron chi connectivity index (χ4n) is 2.11. The van der Waals surface area contributed by atoms with Crippen LogP contribution in [0.25, 0.3) is 0 Å². The Kier molecular flexibility index (Phi) is 3.64. The van der Waals surface area contributed by atoms with Gasteiger partial charge in [-0.1, -0.05) is 0 Å². The molecule has 1 unspecified atom stereocenters. The van der Waals surface area contributed by atoms with Crippen LogP contribution < -0.4 is 15.5 Å². The van der Waals surface area contributed by atoms with E-state index >= 15 is 0 Å². The van der Waals surface area contributed by atoms with E-state index in [0.29, 0.717) is 6.04 Å². The fraction of sp³-hybridized carbons (Fsp3) is 0.462. The fourth-order valence-corrected chi connectivity index (χ4v) is 2.75. The molecular weight excluding hydrogens is 294 g/mol. The van der Waals surface area contributed by atoms with Crippen LogP contribution in [0.3, 0.4) is 0 Å². The molecule has 1 aliphatic rings. The molecule has 18 heavy (non-hydrogen) atoms. The predicted octanol–water partition coefficient (Wildman–Crippen LogP) is 2.51. The number of likely N-dealkylation sites (N-methyl/N-ethyl adjacent to an activating group) is 1. The predicted molar refractivity (Wildman–Crippen MR) is 78.1 cm³/mol. The lowest BCUT2D eigenvalue weighted by molar-refractivity contribution is -0.117. The van der Waals surface area contributed by atoms with E-state index in [-0.39, 0.29) is 11.9 Å². The van der Waals surface area contributed by atoms with Crippen molar-refractivity contribution in [3.8, 4) is 0 Å². The van der Waals surface area contributed by atoms with Crippen LogP contribution in [0, 0.1) is 0 Å². The molecule has 98 valence electrons. The third-order valence-electron chi connectivity index (χ3n) is 3.39. The number of carbonyl (C=O) groups excluding carboxylic acids is 1. The van der Waals surface area contributed by atoms with Crippen LogP contribution in [-0.4, -0.2) is 26.0 Å². The molecule has 0 fully saturated rings. The van der Waals surface area contributed by atoms with Crippen molar-refractivity contribution in [1.82, 2.24) is 5.32 Å². The molecule has 1 aromatic carbocycles. The molecule has 1 aliphatic heterocycles. The molecule has 0 saturated carbocycles. The van der Waals surface area contributed by atoms with Crippen molar-refractivity contribution in [2.24, 2.45) is 0 Å². The van der Waals surface area contributed by atoms with E-state index in [0.717, 1.165) is 21.4 Å². The lowest BCUT2D eigenvalue weighted by Crippen LogP contribution is -2.26. The maximum absolute atomic E-state index is 11.8. The zero-order valence-corrected chi connectivity index (χ0v) is 12.6. The van der Waals surface area contributed by atoms with Gasteiger partial charge in [-0.05, 0) is 49.0 Å². The zero-order chi connectivity index (χ0) is 13.4. The number of anilines is 2. The van der Waals surface area contributed by atoms with Gasteiger partial charge in [0.25, 0.3) is 0 Å². The molecule has 0 aromatic heterocycles. The van der Waals surface area contributed by atoms with Crippen molar-refractivity contribution in [2.75, 3.05) is 24.3 Å². The smallest absolute Gasteiger partial charge is 0.246 e. The van der Waals surface area contributed by atoms with Crippen LogP contribution in [0.2, 0.25) is 0 Å². The Morgan fingerprint density at radius 2 is 2.11 bits per heavy atom. The number of nitrogens with one attached hydrogen (secondary N) is 2. The Morgan fingerprint density at radius 1 is 1.44 bits per heavy atom. The minimum atomic E-state index is -0.255. The largest absolute Gasteiger partial charge is 0.371 e. The number of hydrogen-bond acceptors (Lipinski definition) is 3. The molecule has 4 nitrogen and oxygen atoms in total. The van der Waals surface area contributed by atoms with Crippen LogP contribution >= 0.6 is 15.9 Å². The molecule has 1 atom stereocenters. The van der Waals surface area contributed by atoms with E-state index in [1.54, 1.807) is 7.05 Å². The second-order valence-electron chi connectivity index (χ2n) is 4.81. The summed E-state index contributed by atoms with van der Waals surface area (Å²) in [5.41, 5.74) is 2.97. The summed E-state index contributed by atoms with van der Waals surface area (Å²) in [5, 5.41) is 5.93. The highest BCUT2D eigenvalue weighted by molar-refractivity contribution is 9.10. The summed E-state index contributed by atoms with van der Waals surface area (Å²) in [6.45, 7) is 4.27. The summed E-state index contributed by atoms with van der Waals surface area (Å²) >= 11 is 3.59. The van der Waals surface area contributed by atoms with Crippen molar-refractivity contribution in [3.05, 3.63) is 22.2 Å². The van der Waals surface area contributed by atoms with Gasteiger partial charge in [-0.2, -0.15) is 0 Å². The summed E-state index contributed by atoms with van der Waals surface area (Å²) in [6.07, 6.45) is 0. The summed E-state index contributed by atoms with van der Waals surface area (Å²) in [7, 11) is 3.84. The number of fused-ring (bicyclic) bond motifs is 1. The molecule has 0 aliphatic carbocycles. The number of carbonyl (C=O) groups is 1. The topological polar surface area (TPSA) is 44.4 Å². The van der Waals surface area contributed by atoms with Crippen molar-refractivity contribution < 1.29 is 4.79 Å². The normalized spacial score (nSPS) is 17.9. The van der Waals surface area contributed by atoms with Crippen molar-refractivity contribution in [1.29, 1.82) is 0 Å². The monoisotopic (exact) mass is 311 g/mol. The molecule has 1 amide bonds. The maximum Gasteiger partial charge on any atom is 0.246 e. The summed E-state index contributed by atoms with van der Waals surface area (Å²) in [4.78, 5) is 14.0. The van der Waals surface area contributed by atoms with Crippen molar-refractivity contribution >= 4 is 33.2 Å². The van der Waals surface area contributed by atoms with E-state index in [9.17, 15) is 4.79 Å². The van der Waals surface area contributed by atoms with E-state index in [4.69, 9.17) is 0 Å². The Morgan fingerprint density at radius 3 is 2.67 bits per heavy atom. The average Bonchev–Trinajstić information content (AvgIpc) is 2.61. The summed E-state index contributed by atoms with van der Waals surface area (Å²) < 4.78 is 1.01. The van der Waals surface area contributed by atoms with Gasteiger partial charge in [-0.25, -0.2) is 0 Å². The third-order valence-corrected chi connectivity index (χ3v) is 4.03. The Balaban J connectivity index is 2.46. The first-order chi connectivity index (χ1) is 8.45. The zero-order valence-electron chi connectivity index (χ0n) is 11.0. The highest BCUT2D eigenvalue weighted by Gasteiger charge is 2.30. The Labute approximate surface area is 116 Å². The average molecular weight is 312 g/mol. The van der Waals surface area contributed by atoms with Crippen LogP contribution in [-0.2, 0) is 4.79 Å². The number of benzene rings is 1. The van der Waals surface area contributed by atoms with Gasteiger partial charge in [-0.15, -0.1) is 0 Å². The number of amides is 1. The second-order valence-corrected chi connectivity index (χ2v) is 5.66. The molecule has 0 bridgehead atoms. The Bertz CT molecular complexity index is 487. The second kappa shape index (κ2) is 4.90. The van der Waals surface area contributed by atoms with Crippen LogP contribution in [0.1, 0.15) is 25.5 Å². The lowest BCUT2D eigenvalue weighted by Gasteiger charge is -2.25. The standard InChI is InChI=1S/C13H18BrN3O/c1-7(2)17(4)11-6-10-8(5-9(11)14)12(15-3)13(18)16-10/h5-7,12,15H,1-4H3,(H,16,18). The minimum absolute atomic E-state index is 0.00347. The first-order valence-electron chi connectivity index (χ1n) is 6.00. The summed E-state index contributed by atoms with van der Waals surface area (Å²) in [5.74, 6) is 0.00347. The van der Waals surface area contributed by atoms with E-state index in [2.05, 4.69) is 45.3 Å². The molecule has 5 heteroatoms. The third kappa shape index (κ3) is 2.12. The first-order valence-corrected chi connectivity index (χ1v) is 6.79. The van der Waals surface area contributed by atoms with Crippen LogP contribution in [0.15, 0.2) is 16.6 Å². The molecule has 2 rings (SSSR count). The van der Waals surface area contributed by atoms with E-state index < -0.39 is 0 Å². The van der Waals surface area contributed by atoms with Crippen molar-refractivity contribution in [2.45, 2.75) is 25.9 Å². The van der Waals surface area contributed by atoms with Gasteiger partial charge < -0.3 is 15.5 Å². The molecule has 0 spiro atoms. The van der Waals surface area contributed by atoms with Gasteiger partial charge in [0.2, 0.25) is 5.91 Å². The molecule has 1 aromatic rings. The van der Waals surface area contributed by atoms with E-state index in [1.807, 2.05) is 19.2 Å². The SMILES string of the molecule is CNC1C(=O)Nc2cc(N(C)C(C)C)c(Br)cc21. The van der Waals surface area contributed by atoms with Gasteiger partial charge in [0, 0.05) is 28.8 Å². The van der Waals surface area contributed by atoms with Crippen molar-refractivity contribution in [3.63, 3.8) is 0 Å². The van der Waals surface area contributed by atoms with Gasteiger partial charge >= 0.3 is 0 Å². The van der Waals surface area contributed by atoms with Gasteiger partial charge in [-0.3, -0.25) is 4.79 Å². The molecular formula is C13H18BrN3O. The molecule has 0 saturated heterocycles. The lowest BCUT2D eigenvalue weighted by atomic mass is 10.1. The minimum Gasteiger partial charge on any atom is -0.371 e. The molecule has 2 N–H and O–H groups in total. The van der Waals surface area contributed by atoms with Gasteiger partial charge in [0.15, 0.2) is 0 Å². The quantitative estimate of drug-likeness (QED) is 0.901.